The summed E-state index contributed by atoms with van der Waals surface area (Å²) in [5, 5.41) is 0.466. The summed E-state index contributed by atoms with van der Waals surface area (Å²) in [4.78, 5) is 44.1. The average Bonchev–Trinajstić information content (AvgIpc) is 4.09. The summed E-state index contributed by atoms with van der Waals surface area (Å²) in [5.41, 5.74) is 10.1. The molecular weight excluding hydrogens is 719 g/mol. The lowest BCUT2D eigenvalue weighted by molar-refractivity contribution is 0.0909. The predicted molar refractivity (Wildman–Crippen MR) is 219 cm³/mol. The maximum absolute atomic E-state index is 13.0. The molecule has 2 saturated heterocycles. The molecule has 284 valence electrons. The van der Waals surface area contributed by atoms with E-state index in [1.807, 2.05) is 89.7 Å². The Morgan fingerprint density at radius 3 is 2.09 bits per heavy atom. The van der Waals surface area contributed by atoms with Gasteiger partial charge in [-0.05, 0) is 89.6 Å². The second-order valence-electron chi connectivity index (χ2n) is 15.1. The number of carbonyl (C=O) groups is 2. The lowest BCUT2D eigenvalue weighted by atomic mass is 9.96. The zero-order valence-corrected chi connectivity index (χ0v) is 32.1. The van der Waals surface area contributed by atoms with Crippen molar-refractivity contribution in [3.63, 3.8) is 0 Å². The predicted octanol–water partition coefficient (Wildman–Crippen LogP) is 9.80. The number of aliphatic imine (C=N–C) groups is 1. The van der Waals surface area contributed by atoms with Gasteiger partial charge >= 0.3 is 12.2 Å². The molecule has 0 saturated carbocycles. The van der Waals surface area contributed by atoms with E-state index < -0.39 is 0 Å². The van der Waals surface area contributed by atoms with Gasteiger partial charge in [-0.1, -0.05) is 91.0 Å². The Hall–Kier alpha value is -5.61. The molecule has 2 amide bonds. The van der Waals surface area contributed by atoms with Gasteiger partial charge in [0.15, 0.2) is 0 Å². The van der Waals surface area contributed by atoms with E-state index in [4.69, 9.17) is 19.5 Å². The van der Waals surface area contributed by atoms with Gasteiger partial charge in [-0.25, -0.2) is 14.6 Å². The molecule has 0 aliphatic carbocycles. The Morgan fingerprint density at radius 1 is 0.750 bits per heavy atom. The molecule has 56 heavy (non-hydrogen) atoms. The number of rotatable bonds is 10. The lowest BCUT2D eigenvalue weighted by Gasteiger charge is -2.24. The number of amides is 2. The molecule has 4 aliphatic heterocycles. The van der Waals surface area contributed by atoms with Gasteiger partial charge in [-0.3, -0.25) is 14.8 Å². The molecule has 4 aliphatic rings. The van der Waals surface area contributed by atoms with Crippen LogP contribution in [0.15, 0.2) is 125 Å². The van der Waals surface area contributed by atoms with Crippen LogP contribution in [0.25, 0.3) is 16.8 Å². The third-order valence-electron chi connectivity index (χ3n) is 11.3. The first-order chi connectivity index (χ1) is 27.5. The molecule has 1 unspecified atom stereocenters. The SMILES string of the molecule is O=C(OCc1ccccc1)N1CCC[C@H]1C1=NC=C(c2ccc(CC3Cc4cc(-c5cnc([C@@H]6CCCN6C(=O)OCc6ccccc6)[nH]5)ccc4S3)cc2)C1. The number of imidazole rings is 1. The first kappa shape index (κ1) is 36.1. The van der Waals surface area contributed by atoms with E-state index in [1.165, 1.54) is 27.2 Å². The highest BCUT2D eigenvalue weighted by atomic mass is 32.2. The minimum atomic E-state index is -0.297. The van der Waals surface area contributed by atoms with Crippen molar-refractivity contribution in [1.29, 1.82) is 0 Å². The van der Waals surface area contributed by atoms with Crippen LogP contribution in [0.3, 0.4) is 0 Å². The van der Waals surface area contributed by atoms with Crippen molar-refractivity contribution in [3.05, 3.63) is 149 Å². The maximum Gasteiger partial charge on any atom is 0.410 e. The van der Waals surface area contributed by atoms with Crippen LogP contribution in [0.2, 0.25) is 0 Å². The molecule has 2 fully saturated rings. The van der Waals surface area contributed by atoms with E-state index in [9.17, 15) is 9.59 Å². The van der Waals surface area contributed by atoms with E-state index in [-0.39, 0.29) is 37.5 Å². The highest BCUT2D eigenvalue weighted by molar-refractivity contribution is 8.00. The number of H-pyrrole nitrogens is 1. The number of fused-ring (bicyclic) bond motifs is 1. The minimum Gasteiger partial charge on any atom is -0.445 e. The van der Waals surface area contributed by atoms with Crippen molar-refractivity contribution >= 4 is 35.2 Å². The molecule has 0 bridgehead atoms. The second-order valence-corrected chi connectivity index (χ2v) is 16.4. The number of benzene rings is 4. The number of nitrogens with one attached hydrogen (secondary N) is 1. The number of hydrogen-bond donors (Lipinski definition) is 1. The van der Waals surface area contributed by atoms with Crippen molar-refractivity contribution < 1.29 is 19.1 Å². The largest absolute Gasteiger partial charge is 0.445 e. The van der Waals surface area contributed by atoms with E-state index in [2.05, 4.69) is 47.4 Å². The zero-order chi connectivity index (χ0) is 37.8. The van der Waals surface area contributed by atoms with E-state index >= 15 is 0 Å². The smallest absolute Gasteiger partial charge is 0.410 e. The zero-order valence-electron chi connectivity index (χ0n) is 31.3. The van der Waals surface area contributed by atoms with E-state index in [1.54, 1.807) is 4.90 Å². The van der Waals surface area contributed by atoms with Crippen LogP contribution in [-0.2, 0) is 35.5 Å². The van der Waals surface area contributed by atoms with Gasteiger partial charge in [0.1, 0.15) is 19.0 Å². The molecular formula is C46H45N5O4S. The van der Waals surface area contributed by atoms with Crippen molar-refractivity contribution in [1.82, 2.24) is 19.8 Å². The van der Waals surface area contributed by atoms with Crippen LogP contribution >= 0.6 is 11.8 Å². The molecule has 5 heterocycles. The van der Waals surface area contributed by atoms with Crippen LogP contribution in [0.4, 0.5) is 9.59 Å². The summed E-state index contributed by atoms with van der Waals surface area (Å²) in [7, 11) is 0. The van der Waals surface area contributed by atoms with Crippen LogP contribution in [0.5, 0.6) is 0 Å². The highest BCUT2D eigenvalue weighted by Crippen LogP contribution is 2.41. The van der Waals surface area contributed by atoms with Crippen LogP contribution in [-0.4, -0.2) is 62.0 Å². The van der Waals surface area contributed by atoms with E-state index in [0.717, 1.165) is 78.9 Å². The van der Waals surface area contributed by atoms with Crippen LogP contribution < -0.4 is 0 Å². The van der Waals surface area contributed by atoms with E-state index in [0.29, 0.717) is 18.3 Å². The fourth-order valence-corrected chi connectivity index (χ4v) is 9.74. The van der Waals surface area contributed by atoms with Gasteiger partial charge in [0, 0.05) is 41.6 Å². The number of ether oxygens (including phenoxy) is 2. The number of allylic oxidation sites excluding steroid dienone is 1. The molecule has 0 radical (unpaired) electrons. The Kier molecular flexibility index (Phi) is 10.5. The molecule has 10 heteroatoms. The summed E-state index contributed by atoms with van der Waals surface area (Å²) in [6, 6.07) is 35.1. The molecule has 5 aromatic rings. The summed E-state index contributed by atoms with van der Waals surface area (Å²) < 4.78 is 11.3. The number of aromatic nitrogens is 2. The van der Waals surface area contributed by atoms with Crippen molar-refractivity contribution in [3.8, 4) is 11.3 Å². The fraction of sp³-hybridized carbons (Fsp3) is 0.304. The monoisotopic (exact) mass is 763 g/mol. The Bertz CT molecular complexity index is 2250. The molecule has 4 aromatic carbocycles. The van der Waals surface area contributed by atoms with Crippen molar-refractivity contribution in [2.45, 2.75) is 80.4 Å². The Morgan fingerprint density at radius 2 is 1.39 bits per heavy atom. The fourth-order valence-electron chi connectivity index (χ4n) is 8.41. The van der Waals surface area contributed by atoms with Gasteiger partial charge in [-0.2, -0.15) is 0 Å². The summed E-state index contributed by atoms with van der Waals surface area (Å²) in [6.45, 7) is 1.90. The quantitative estimate of drug-likeness (QED) is 0.152. The number of nitrogens with zero attached hydrogens (tertiary/aromatic N) is 4. The number of aromatic amines is 1. The molecule has 9 rings (SSSR count). The third kappa shape index (κ3) is 7.89. The highest BCUT2D eigenvalue weighted by Gasteiger charge is 2.36. The minimum absolute atomic E-state index is 0.0121. The summed E-state index contributed by atoms with van der Waals surface area (Å²) >= 11 is 1.96. The Labute approximate surface area is 331 Å². The summed E-state index contributed by atoms with van der Waals surface area (Å²) in [6.07, 6.45) is 9.71. The number of carbonyl (C=O) groups excluding carboxylic acids is 2. The molecule has 0 spiro atoms. The normalized spacial score (nSPS) is 20.2. The first-order valence-corrected chi connectivity index (χ1v) is 20.6. The topological polar surface area (TPSA) is 100 Å². The summed E-state index contributed by atoms with van der Waals surface area (Å²) in [5.74, 6) is 0.807. The van der Waals surface area contributed by atoms with Crippen LogP contribution in [0, 0.1) is 0 Å². The standard InChI is InChI=1S/C46H45N5O4S/c52-45(54-29-32-9-3-1-4-10-32)50-21-7-13-41(50)39-26-37(27-47-39)34-17-15-31(16-18-34)23-38-25-36-24-35(19-20-43(36)56-38)40-28-48-44(49-40)42-14-8-22-51(42)46(53)55-30-33-11-5-2-6-12-33/h1-6,9-12,15-20,24,27-28,38,41-42H,7-8,13-14,21-23,25-26,29-30H2,(H,48,49)/t38?,41-,42-/m0/s1. The number of likely N-dealkylation sites (tertiary alicyclic amines) is 2. The molecule has 9 nitrogen and oxygen atoms in total. The van der Waals surface area contributed by atoms with Gasteiger partial charge in [0.2, 0.25) is 0 Å². The van der Waals surface area contributed by atoms with Gasteiger partial charge < -0.3 is 14.5 Å². The second kappa shape index (κ2) is 16.2. The third-order valence-corrected chi connectivity index (χ3v) is 12.7. The first-order valence-electron chi connectivity index (χ1n) is 19.7. The maximum atomic E-state index is 13.0. The van der Waals surface area contributed by atoms with Gasteiger partial charge in [0.05, 0.1) is 24.0 Å². The van der Waals surface area contributed by atoms with Gasteiger partial charge in [0.25, 0.3) is 0 Å². The molecule has 1 N–H and O–H groups in total. The molecule has 1 aromatic heterocycles. The Balaban J connectivity index is 0.770. The van der Waals surface area contributed by atoms with Crippen molar-refractivity contribution in [2.24, 2.45) is 4.99 Å². The average molecular weight is 764 g/mol. The lowest BCUT2D eigenvalue weighted by Crippen LogP contribution is -2.40. The number of hydrogen-bond acceptors (Lipinski definition) is 7. The van der Waals surface area contributed by atoms with Gasteiger partial charge in [-0.15, -0.1) is 11.8 Å². The molecule has 3 atom stereocenters. The number of thioether (sulfide) groups is 1. The van der Waals surface area contributed by atoms with Crippen LogP contribution in [0.1, 0.15) is 71.8 Å². The van der Waals surface area contributed by atoms with Crippen molar-refractivity contribution in [2.75, 3.05) is 13.1 Å².